The molecule has 1 aromatic heterocycles. The maximum atomic E-state index is 5.58. The van der Waals surface area contributed by atoms with Crippen molar-refractivity contribution in [3.05, 3.63) is 17.8 Å². The summed E-state index contributed by atoms with van der Waals surface area (Å²) in [7, 11) is 1.56. The zero-order chi connectivity index (χ0) is 10.7. The summed E-state index contributed by atoms with van der Waals surface area (Å²) >= 11 is 0. The molecule has 0 spiro atoms. The summed E-state index contributed by atoms with van der Waals surface area (Å²) in [5, 5.41) is 0. The molecular formula is C10H13N3O2. The van der Waals surface area contributed by atoms with Gasteiger partial charge in [-0.2, -0.15) is 4.98 Å². The predicted molar refractivity (Wildman–Crippen MR) is 56.4 cm³/mol. The van der Waals surface area contributed by atoms with Crippen LogP contribution in [0.2, 0.25) is 0 Å². The Morgan fingerprint density at radius 1 is 1.47 bits per heavy atom. The lowest BCUT2D eigenvalue weighted by Gasteiger charge is -2.13. The molecule has 0 atom stereocenters. The van der Waals surface area contributed by atoms with Crippen molar-refractivity contribution in [2.75, 3.05) is 26.1 Å². The number of anilines is 1. The summed E-state index contributed by atoms with van der Waals surface area (Å²) in [5.74, 6) is 0.724. The molecule has 0 aromatic carbocycles. The second kappa shape index (κ2) is 4.27. The minimum atomic E-state index is 0.233. The van der Waals surface area contributed by atoms with Crippen molar-refractivity contribution in [1.82, 2.24) is 9.97 Å². The summed E-state index contributed by atoms with van der Waals surface area (Å²) in [6.45, 7) is 1.35. The predicted octanol–water partition coefficient (Wildman–Crippen LogP) is 0.871. The van der Waals surface area contributed by atoms with Gasteiger partial charge in [0.15, 0.2) is 0 Å². The molecule has 0 fully saturated rings. The van der Waals surface area contributed by atoms with Gasteiger partial charge in [0.25, 0.3) is 0 Å². The number of hydrogen-bond donors (Lipinski definition) is 1. The highest BCUT2D eigenvalue weighted by Gasteiger charge is 2.10. The topological polar surface area (TPSA) is 70.3 Å². The fraction of sp³-hybridized carbons (Fsp3) is 0.400. The molecule has 2 heterocycles. The third kappa shape index (κ3) is 2.24. The lowest BCUT2D eigenvalue weighted by molar-refractivity contribution is 0.161. The normalized spacial score (nSPS) is 15.9. The van der Waals surface area contributed by atoms with Crippen LogP contribution in [0.4, 0.5) is 5.95 Å². The van der Waals surface area contributed by atoms with E-state index in [2.05, 4.69) is 9.97 Å². The summed E-state index contributed by atoms with van der Waals surface area (Å²) in [5.41, 5.74) is 7.54. The smallest absolute Gasteiger partial charge is 0.223 e. The van der Waals surface area contributed by atoms with E-state index in [1.807, 2.05) is 6.08 Å². The van der Waals surface area contributed by atoms with E-state index in [-0.39, 0.29) is 5.95 Å². The monoisotopic (exact) mass is 207 g/mol. The molecule has 2 N–H and O–H groups in total. The van der Waals surface area contributed by atoms with Crippen molar-refractivity contribution in [3.63, 3.8) is 0 Å². The summed E-state index contributed by atoms with van der Waals surface area (Å²) < 4.78 is 10.3. The summed E-state index contributed by atoms with van der Waals surface area (Å²) in [4.78, 5) is 8.10. The number of methoxy groups -OCH3 is 1. The second-order valence-corrected chi connectivity index (χ2v) is 3.21. The molecule has 5 nitrogen and oxygen atoms in total. The number of aromatic nitrogens is 2. The Bertz CT molecular complexity index is 390. The Balaban J connectivity index is 2.34. The van der Waals surface area contributed by atoms with Crippen LogP contribution < -0.4 is 10.5 Å². The molecule has 0 unspecified atom stereocenters. The molecule has 0 amide bonds. The van der Waals surface area contributed by atoms with Gasteiger partial charge in [0.2, 0.25) is 11.8 Å². The van der Waals surface area contributed by atoms with Gasteiger partial charge >= 0.3 is 0 Å². The first-order chi connectivity index (χ1) is 7.29. The Morgan fingerprint density at radius 3 is 3.00 bits per heavy atom. The molecule has 0 bridgehead atoms. The number of nitrogens with zero attached hydrogens (tertiary/aromatic N) is 2. The maximum Gasteiger partial charge on any atom is 0.223 e. The van der Waals surface area contributed by atoms with Crippen LogP contribution in [0, 0.1) is 0 Å². The van der Waals surface area contributed by atoms with Crippen LogP contribution in [0.3, 0.4) is 0 Å². The van der Waals surface area contributed by atoms with Crippen LogP contribution in [0.15, 0.2) is 12.1 Å². The van der Waals surface area contributed by atoms with Gasteiger partial charge in [-0.1, -0.05) is 6.08 Å². The van der Waals surface area contributed by atoms with Crippen LogP contribution in [-0.2, 0) is 4.74 Å². The van der Waals surface area contributed by atoms with E-state index in [0.29, 0.717) is 12.5 Å². The number of nitrogen functional groups attached to an aromatic ring is 1. The summed E-state index contributed by atoms with van der Waals surface area (Å²) in [6, 6.07) is 1.79. The molecule has 0 aliphatic carbocycles. The fourth-order valence-electron chi connectivity index (χ4n) is 1.47. The number of hydrogen-bond acceptors (Lipinski definition) is 5. The quantitative estimate of drug-likeness (QED) is 0.779. The third-order valence-corrected chi connectivity index (χ3v) is 2.22. The van der Waals surface area contributed by atoms with E-state index in [0.717, 1.165) is 24.3 Å². The zero-order valence-corrected chi connectivity index (χ0v) is 8.56. The first kappa shape index (κ1) is 9.92. The average molecular weight is 207 g/mol. The van der Waals surface area contributed by atoms with Crippen LogP contribution >= 0.6 is 0 Å². The standard InChI is InChI=1S/C10H13N3O2/c1-14-9-6-8(12-10(11)13-9)7-2-4-15-5-3-7/h2,6H,3-5H2,1H3,(H2,11,12,13). The zero-order valence-electron chi connectivity index (χ0n) is 8.56. The van der Waals surface area contributed by atoms with Gasteiger partial charge < -0.3 is 15.2 Å². The highest BCUT2D eigenvalue weighted by molar-refractivity contribution is 5.64. The molecule has 1 aliphatic heterocycles. The number of nitrogens with two attached hydrogens (primary N) is 1. The Labute approximate surface area is 87.9 Å². The summed E-state index contributed by atoms with van der Waals surface area (Å²) in [6.07, 6.45) is 2.85. The van der Waals surface area contributed by atoms with Crippen molar-refractivity contribution in [1.29, 1.82) is 0 Å². The van der Waals surface area contributed by atoms with Gasteiger partial charge in [-0.15, -0.1) is 0 Å². The molecule has 1 aromatic rings. The van der Waals surface area contributed by atoms with Gasteiger partial charge in [0.05, 0.1) is 26.0 Å². The minimum Gasteiger partial charge on any atom is -0.481 e. The van der Waals surface area contributed by atoms with E-state index >= 15 is 0 Å². The first-order valence-electron chi connectivity index (χ1n) is 4.75. The fourth-order valence-corrected chi connectivity index (χ4v) is 1.47. The Kier molecular flexibility index (Phi) is 2.82. The van der Waals surface area contributed by atoms with Crippen molar-refractivity contribution in [2.45, 2.75) is 6.42 Å². The van der Waals surface area contributed by atoms with E-state index in [1.54, 1.807) is 13.2 Å². The highest BCUT2D eigenvalue weighted by atomic mass is 16.5. The SMILES string of the molecule is COc1cc(C2=CCOCC2)nc(N)n1. The third-order valence-electron chi connectivity index (χ3n) is 2.22. The van der Waals surface area contributed by atoms with Crippen LogP contribution in [0.5, 0.6) is 5.88 Å². The van der Waals surface area contributed by atoms with Crippen LogP contribution in [-0.4, -0.2) is 30.3 Å². The second-order valence-electron chi connectivity index (χ2n) is 3.21. The van der Waals surface area contributed by atoms with Gasteiger partial charge in [0.1, 0.15) is 0 Å². The molecule has 0 saturated carbocycles. The van der Waals surface area contributed by atoms with Gasteiger partial charge in [-0.3, -0.25) is 0 Å². The van der Waals surface area contributed by atoms with Crippen molar-refractivity contribution in [3.8, 4) is 5.88 Å². The first-order valence-corrected chi connectivity index (χ1v) is 4.75. The molecule has 1 aliphatic rings. The van der Waals surface area contributed by atoms with Crippen molar-refractivity contribution in [2.24, 2.45) is 0 Å². The molecule has 15 heavy (non-hydrogen) atoms. The van der Waals surface area contributed by atoms with Gasteiger partial charge in [0, 0.05) is 6.07 Å². The van der Waals surface area contributed by atoms with E-state index in [4.69, 9.17) is 15.2 Å². The Morgan fingerprint density at radius 2 is 2.33 bits per heavy atom. The van der Waals surface area contributed by atoms with E-state index < -0.39 is 0 Å². The maximum absolute atomic E-state index is 5.58. The molecule has 0 saturated heterocycles. The molecule has 80 valence electrons. The largest absolute Gasteiger partial charge is 0.481 e. The lowest BCUT2D eigenvalue weighted by atomic mass is 10.1. The minimum absolute atomic E-state index is 0.233. The molecule has 2 rings (SSSR count). The highest BCUT2D eigenvalue weighted by Crippen LogP contribution is 2.22. The van der Waals surface area contributed by atoms with Gasteiger partial charge in [-0.05, 0) is 12.0 Å². The van der Waals surface area contributed by atoms with Crippen LogP contribution in [0.25, 0.3) is 5.57 Å². The van der Waals surface area contributed by atoms with E-state index in [1.165, 1.54) is 0 Å². The number of rotatable bonds is 2. The number of ether oxygens (including phenoxy) is 2. The average Bonchev–Trinajstić information content (AvgIpc) is 2.29. The molecule has 5 heteroatoms. The molecule has 0 radical (unpaired) electrons. The van der Waals surface area contributed by atoms with Gasteiger partial charge in [-0.25, -0.2) is 4.98 Å². The molecular weight excluding hydrogens is 194 g/mol. The van der Waals surface area contributed by atoms with E-state index in [9.17, 15) is 0 Å². The van der Waals surface area contributed by atoms with Crippen molar-refractivity contribution < 1.29 is 9.47 Å². The Hall–Kier alpha value is -1.62. The van der Waals surface area contributed by atoms with Crippen LogP contribution in [0.1, 0.15) is 12.1 Å². The lowest BCUT2D eigenvalue weighted by Crippen LogP contribution is -2.07. The van der Waals surface area contributed by atoms with Crippen molar-refractivity contribution >= 4 is 11.5 Å².